The monoisotopic (exact) mass is 272 g/mol. The van der Waals surface area contributed by atoms with Crippen LogP contribution in [0.2, 0.25) is 0 Å². The number of benzene rings is 1. The summed E-state index contributed by atoms with van der Waals surface area (Å²) >= 11 is 0. The van der Waals surface area contributed by atoms with Gasteiger partial charge in [-0.1, -0.05) is 24.3 Å². The van der Waals surface area contributed by atoms with Crippen LogP contribution in [0.1, 0.15) is 49.3 Å². The summed E-state index contributed by atoms with van der Waals surface area (Å²) < 4.78 is 0. The Morgan fingerprint density at radius 2 is 2.00 bits per heavy atom. The Morgan fingerprint density at radius 3 is 2.80 bits per heavy atom. The third kappa shape index (κ3) is 3.82. The van der Waals surface area contributed by atoms with E-state index in [9.17, 15) is 0 Å². The SMILES string of the molecule is N#CCCCCN(CCCO)[C@@H]1CCc2ccccc21. The lowest BCUT2D eigenvalue weighted by Gasteiger charge is -2.29. The summed E-state index contributed by atoms with van der Waals surface area (Å²) in [6.07, 6.45) is 5.86. The van der Waals surface area contributed by atoms with Gasteiger partial charge in [0, 0.05) is 25.6 Å². The van der Waals surface area contributed by atoms with E-state index in [1.165, 1.54) is 17.5 Å². The molecule has 0 heterocycles. The Hall–Kier alpha value is -1.37. The lowest BCUT2D eigenvalue weighted by Crippen LogP contribution is -2.30. The second kappa shape index (κ2) is 8.04. The van der Waals surface area contributed by atoms with Crippen molar-refractivity contribution < 1.29 is 5.11 Å². The molecule has 0 bridgehead atoms. The number of aliphatic hydroxyl groups is 1. The maximum absolute atomic E-state index is 9.09. The second-order valence-electron chi connectivity index (χ2n) is 5.48. The summed E-state index contributed by atoms with van der Waals surface area (Å²) in [5.41, 5.74) is 2.94. The van der Waals surface area contributed by atoms with E-state index in [1.54, 1.807) is 0 Å². The van der Waals surface area contributed by atoms with E-state index in [2.05, 4.69) is 35.2 Å². The van der Waals surface area contributed by atoms with E-state index < -0.39 is 0 Å². The molecule has 0 saturated heterocycles. The van der Waals surface area contributed by atoms with Gasteiger partial charge in [0.05, 0.1) is 6.07 Å². The Kier molecular flexibility index (Phi) is 6.04. The molecule has 108 valence electrons. The summed E-state index contributed by atoms with van der Waals surface area (Å²) in [6.45, 7) is 2.23. The molecule has 0 aliphatic heterocycles. The lowest BCUT2D eigenvalue weighted by molar-refractivity contribution is 0.170. The number of hydrogen-bond acceptors (Lipinski definition) is 3. The van der Waals surface area contributed by atoms with Gasteiger partial charge in [-0.25, -0.2) is 0 Å². The minimum absolute atomic E-state index is 0.253. The molecule has 0 spiro atoms. The van der Waals surface area contributed by atoms with Crippen LogP contribution in [0, 0.1) is 11.3 Å². The summed E-state index contributed by atoms with van der Waals surface area (Å²) in [5, 5.41) is 17.7. The van der Waals surface area contributed by atoms with Gasteiger partial charge in [-0.3, -0.25) is 4.90 Å². The predicted octanol–water partition coefficient (Wildman–Crippen LogP) is 3.05. The van der Waals surface area contributed by atoms with Gasteiger partial charge in [-0.05, 0) is 49.8 Å². The maximum Gasteiger partial charge on any atom is 0.0621 e. The van der Waals surface area contributed by atoms with Crippen LogP contribution < -0.4 is 0 Å². The number of fused-ring (bicyclic) bond motifs is 1. The van der Waals surface area contributed by atoms with Crippen LogP contribution in [0.3, 0.4) is 0 Å². The standard InChI is InChI=1S/C17H24N2O/c18-11-4-1-5-12-19(13-6-14-20)17-10-9-15-7-2-3-8-16(15)17/h2-3,7-8,17,20H,1,4-6,9-10,12-14H2/t17-/m1/s1. The van der Waals surface area contributed by atoms with Crippen molar-refractivity contribution in [2.45, 2.75) is 44.6 Å². The van der Waals surface area contributed by atoms with Crippen LogP contribution in [-0.4, -0.2) is 29.7 Å². The van der Waals surface area contributed by atoms with Gasteiger partial charge >= 0.3 is 0 Å². The molecule has 0 amide bonds. The van der Waals surface area contributed by atoms with Crippen LogP contribution in [0.4, 0.5) is 0 Å². The van der Waals surface area contributed by atoms with Crippen LogP contribution in [0.5, 0.6) is 0 Å². The molecular weight excluding hydrogens is 248 g/mol. The molecule has 0 radical (unpaired) electrons. The van der Waals surface area contributed by atoms with E-state index in [0.717, 1.165) is 38.8 Å². The zero-order chi connectivity index (χ0) is 14.2. The highest BCUT2D eigenvalue weighted by molar-refractivity contribution is 5.34. The van der Waals surface area contributed by atoms with E-state index in [4.69, 9.17) is 10.4 Å². The minimum atomic E-state index is 0.253. The number of nitriles is 1. The van der Waals surface area contributed by atoms with Crippen LogP contribution in [0.15, 0.2) is 24.3 Å². The Morgan fingerprint density at radius 1 is 1.20 bits per heavy atom. The first-order chi connectivity index (χ1) is 9.86. The lowest BCUT2D eigenvalue weighted by atomic mass is 10.1. The van der Waals surface area contributed by atoms with Crippen molar-refractivity contribution in [3.05, 3.63) is 35.4 Å². The first-order valence-electron chi connectivity index (χ1n) is 7.66. The van der Waals surface area contributed by atoms with Crippen molar-refractivity contribution in [1.82, 2.24) is 4.90 Å². The van der Waals surface area contributed by atoms with Gasteiger partial charge in [-0.2, -0.15) is 5.26 Å². The molecule has 0 fully saturated rings. The zero-order valence-corrected chi connectivity index (χ0v) is 12.1. The van der Waals surface area contributed by atoms with Gasteiger partial charge in [0.25, 0.3) is 0 Å². The molecule has 1 N–H and O–H groups in total. The molecule has 1 aliphatic carbocycles. The second-order valence-corrected chi connectivity index (χ2v) is 5.48. The number of rotatable bonds is 8. The largest absolute Gasteiger partial charge is 0.396 e. The van der Waals surface area contributed by atoms with Crippen LogP contribution >= 0.6 is 0 Å². The van der Waals surface area contributed by atoms with Gasteiger partial charge in [0.1, 0.15) is 0 Å². The average molecular weight is 272 g/mol. The Labute approximate surface area is 121 Å². The molecule has 1 aromatic rings. The molecule has 3 heteroatoms. The van der Waals surface area contributed by atoms with E-state index in [-0.39, 0.29) is 6.61 Å². The molecular formula is C17H24N2O. The molecule has 0 saturated carbocycles. The first-order valence-corrected chi connectivity index (χ1v) is 7.66. The van der Waals surface area contributed by atoms with Crippen molar-refractivity contribution >= 4 is 0 Å². The van der Waals surface area contributed by atoms with Gasteiger partial charge in [0.2, 0.25) is 0 Å². The number of aryl methyl sites for hydroxylation is 1. The fraction of sp³-hybridized carbons (Fsp3) is 0.588. The van der Waals surface area contributed by atoms with Crippen LogP contribution in [0.25, 0.3) is 0 Å². The van der Waals surface area contributed by atoms with Crippen molar-refractivity contribution in [2.75, 3.05) is 19.7 Å². The summed E-state index contributed by atoms with van der Waals surface area (Å²) in [6, 6.07) is 11.4. The molecule has 20 heavy (non-hydrogen) atoms. The quantitative estimate of drug-likeness (QED) is 0.740. The normalized spacial score (nSPS) is 17.1. The number of hydrogen-bond donors (Lipinski definition) is 1. The van der Waals surface area contributed by atoms with Crippen molar-refractivity contribution in [1.29, 1.82) is 5.26 Å². The number of nitrogens with zero attached hydrogens (tertiary/aromatic N) is 2. The maximum atomic E-state index is 9.09. The molecule has 0 unspecified atom stereocenters. The molecule has 1 aromatic carbocycles. The Balaban J connectivity index is 1.98. The number of unbranched alkanes of at least 4 members (excludes halogenated alkanes) is 2. The summed E-state index contributed by atoms with van der Waals surface area (Å²) in [5.74, 6) is 0. The zero-order valence-electron chi connectivity index (χ0n) is 12.1. The average Bonchev–Trinajstić information content (AvgIpc) is 2.91. The van der Waals surface area contributed by atoms with E-state index in [0.29, 0.717) is 12.5 Å². The minimum Gasteiger partial charge on any atom is -0.396 e. The highest BCUT2D eigenvalue weighted by Gasteiger charge is 2.26. The van der Waals surface area contributed by atoms with Crippen molar-refractivity contribution in [2.24, 2.45) is 0 Å². The van der Waals surface area contributed by atoms with Gasteiger partial charge in [-0.15, -0.1) is 0 Å². The predicted molar refractivity (Wildman–Crippen MR) is 80.2 cm³/mol. The third-order valence-electron chi connectivity index (χ3n) is 4.13. The topological polar surface area (TPSA) is 47.3 Å². The van der Waals surface area contributed by atoms with Crippen molar-refractivity contribution in [3.63, 3.8) is 0 Å². The highest BCUT2D eigenvalue weighted by atomic mass is 16.3. The Bertz CT molecular complexity index is 453. The molecule has 0 aromatic heterocycles. The molecule has 2 rings (SSSR count). The first kappa shape index (κ1) is 15.0. The molecule has 1 aliphatic rings. The molecule has 1 atom stereocenters. The van der Waals surface area contributed by atoms with Gasteiger partial charge < -0.3 is 5.11 Å². The number of aliphatic hydroxyl groups excluding tert-OH is 1. The third-order valence-corrected chi connectivity index (χ3v) is 4.13. The molecule has 3 nitrogen and oxygen atoms in total. The van der Waals surface area contributed by atoms with E-state index >= 15 is 0 Å². The fourth-order valence-corrected chi connectivity index (χ4v) is 3.13. The smallest absolute Gasteiger partial charge is 0.0621 e. The summed E-state index contributed by atoms with van der Waals surface area (Å²) in [7, 11) is 0. The highest BCUT2D eigenvalue weighted by Crippen LogP contribution is 2.35. The fourth-order valence-electron chi connectivity index (χ4n) is 3.13. The van der Waals surface area contributed by atoms with Crippen molar-refractivity contribution in [3.8, 4) is 6.07 Å². The van der Waals surface area contributed by atoms with E-state index in [1.807, 2.05) is 0 Å². The van der Waals surface area contributed by atoms with Gasteiger partial charge in [0.15, 0.2) is 0 Å². The summed E-state index contributed by atoms with van der Waals surface area (Å²) in [4.78, 5) is 2.50. The van der Waals surface area contributed by atoms with Crippen LogP contribution in [-0.2, 0) is 6.42 Å².